The Hall–Kier alpha value is -2.25. The van der Waals surface area contributed by atoms with Crippen molar-refractivity contribution in [1.29, 1.82) is 0 Å². The van der Waals surface area contributed by atoms with Crippen LogP contribution in [-0.4, -0.2) is 47.5 Å². The van der Waals surface area contributed by atoms with Gasteiger partial charge in [-0.1, -0.05) is 20.8 Å². The van der Waals surface area contributed by atoms with Gasteiger partial charge in [-0.05, 0) is 27.2 Å². The first kappa shape index (κ1) is 23.8. The standard InChI is InChI=1S/C6H10O2.C5H9NO2.C5H7NO2.C2H6/c1-4-3-5(2)8-6(4)7;1-4-3-6(2)5(7)8-4;1-4-3-6(2)8-5(4)7;1-2/h4-5H,3H2,1-2H3;4H,3H2,1-2H3;3H,1-2H3;1-2H3. The van der Waals surface area contributed by atoms with Gasteiger partial charge in [0.25, 0.3) is 0 Å². The molecule has 3 rings (SSSR count). The number of carbonyl (C=O) groups excluding carboxylic acids is 2. The van der Waals surface area contributed by atoms with E-state index in [1.807, 2.05) is 34.6 Å². The van der Waals surface area contributed by atoms with Crippen molar-refractivity contribution in [3.8, 4) is 0 Å². The minimum atomic E-state index is -0.257. The molecule has 1 amide bonds. The van der Waals surface area contributed by atoms with Crippen molar-refractivity contribution < 1.29 is 23.6 Å². The Labute approximate surface area is 155 Å². The summed E-state index contributed by atoms with van der Waals surface area (Å²) in [5, 5.41) is 0. The van der Waals surface area contributed by atoms with Crippen LogP contribution in [0.15, 0.2) is 15.5 Å². The number of hydrogen-bond donors (Lipinski definition) is 0. The summed E-state index contributed by atoms with van der Waals surface area (Å²) in [5.74, 6) is 0.0856. The lowest BCUT2D eigenvalue weighted by molar-refractivity contribution is -0.143. The molecule has 26 heavy (non-hydrogen) atoms. The highest BCUT2D eigenvalue weighted by molar-refractivity contribution is 5.74. The number of ether oxygens (including phenoxy) is 2. The maximum Gasteiger partial charge on any atom is 0.409 e. The molecule has 2 aliphatic heterocycles. The van der Waals surface area contributed by atoms with Crippen LogP contribution in [0.4, 0.5) is 4.79 Å². The lowest BCUT2D eigenvalue weighted by atomic mass is 10.1. The zero-order valence-corrected chi connectivity index (χ0v) is 17.1. The summed E-state index contributed by atoms with van der Waals surface area (Å²) in [4.78, 5) is 33.1. The lowest BCUT2D eigenvalue weighted by Crippen LogP contribution is -2.18. The predicted octanol–water partition coefficient (Wildman–Crippen LogP) is 2.73. The van der Waals surface area contributed by atoms with Gasteiger partial charge in [0.2, 0.25) is 0 Å². The normalized spacial score (nSPS) is 23.5. The number of hydrogen-bond acceptors (Lipinski definition) is 6. The maximum absolute atomic E-state index is 10.6. The Morgan fingerprint density at radius 3 is 1.69 bits per heavy atom. The van der Waals surface area contributed by atoms with E-state index in [2.05, 4.69) is 4.52 Å². The largest absolute Gasteiger partial charge is 0.462 e. The van der Waals surface area contributed by atoms with E-state index in [1.54, 1.807) is 32.1 Å². The summed E-state index contributed by atoms with van der Waals surface area (Å²) in [6.45, 7) is 12.1. The van der Waals surface area contributed by atoms with Gasteiger partial charge in [-0.3, -0.25) is 4.79 Å². The van der Waals surface area contributed by atoms with E-state index in [-0.39, 0.29) is 35.8 Å². The van der Waals surface area contributed by atoms with E-state index in [0.717, 1.165) is 13.0 Å². The molecule has 3 unspecified atom stereocenters. The van der Waals surface area contributed by atoms with Crippen molar-refractivity contribution >= 4 is 12.1 Å². The van der Waals surface area contributed by atoms with Crippen LogP contribution in [0.3, 0.4) is 0 Å². The number of nitrogens with zero attached hydrogens (tertiary/aromatic N) is 2. The molecule has 0 bridgehead atoms. The molecule has 0 saturated carbocycles. The number of rotatable bonds is 0. The minimum absolute atomic E-state index is 0.0440. The number of likely N-dealkylation sites (N-methyl/N-ethyl adjacent to an activating group) is 1. The highest BCUT2D eigenvalue weighted by atomic mass is 16.6. The lowest BCUT2D eigenvalue weighted by Gasteiger charge is -1.99. The SMILES string of the molecule is CC.CC1CC(C)C(=O)O1.CC1CN(C)C(=O)O1.Cc1cn(C)oc1=O. The first-order chi connectivity index (χ1) is 12.1. The van der Waals surface area contributed by atoms with Gasteiger partial charge in [0.1, 0.15) is 6.10 Å². The summed E-state index contributed by atoms with van der Waals surface area (Å²) in [6.07, 6.45) is 2.55. The summed E-state index contributed by atoms with van der Waals surface area (Å²) in [7, 11) is 3.40. The number of cyclic esters (lactones) is 2. The molecule has 8 nitrogen and oxygen atoms in total. The number of amides is 1. The first-order valence-electron chi connectivity index (χ1n) is 8.86. The second-order valence-electron chi connectivity index (χ2n) is 6.20. The van der Waals surface area contributed by atoms with Crippen LogP contribution in [0.5, 0.6) is 0 Å². The monoisotopic (exact) mass is 372 g/mol. The van der Waals surface area contributed by atoms with E-state index in [9.17, 15) is 14.4 Å². The Balaban J connectivity index is 0.000000344. The van der Waals surface area contributed by atoms with Gasteiger partial charge in [-0.25, -0.2) is 14.3 Å². The minimum Gasteiger partial charge on any atom is -0.462 e. The fourth-order valence-electron chi connectivity index (χ4n) is 2.27. The first-order valence-corrected chi connectivity index (χ1v) is 8.86. The average molecular weight is 372 g/mol. The van der Waals surface area contributed by atoms with Crippen LogP contribution in [0.1, 0.15) is 46.6 Å². The molecule has 2 saturated heterocycles. The van der Waals surface area contributed by atoms with E-state index < -0.39 is 0 Å². The molecule has 3 atom stereocenters. The predicted molar refractivity (Wildman–Crippen MR) is 97.9 cm³/mol. The fourth-order valence-corrected chi connectivity index (χ4v) is 2.27. The molecule has 0 aliphatic carbocycles. The van der Waals surface area contributed by atoms with Crippen molar-refractivity contribution in [1.82, 2.24) is 9.64 Å². The number of aryl methyl sites for hydroxylation is 2. The van der Waals surface area contributed by atoms with E-state index >= 15 is 0 Å². The Morgan fingerprint density at radius 1 is 1.00 bits per heavy atom. The van der Waals surface area contributed by atoms with Crippen LogP contribution in [0, 0.1) is 12.8 Å². The Kier molecular flexibility index (Phi) is 10.4. The molecular formula is C18H32N2O6. The third-order valence-electron chi connectivity index (χ3n) is 3.47. The molecular weight excluding hydrogens is 340 g/mol. The molecule has 0 aromatic carbocycles. The average Bonchev–Trinajstić information content (AvgIpc) is 3.12. The topological polar surface area (TPSA) is 91.0 Å². The quantitative estimate of drug-likeness (QED) is 0.650. The molecule has 0 radical (unpaired) electrons. The Morgan fingerprint density at radius 2 is 1.58 bits per heavy atom. The highest BCUT2D eigenvalue weighted by Gasteiger charge is 2.27. The number of carbonyl (C=O) groups is 2. The smallest absolute Gasteiger partial charge is 0.409 e. The third-order valence-corrected chi connectivity index (χ3v) is 3.47. The van der Waals surface area contributed by atoms with Crippen molar-refractivity contribution in [2.75, 3.05) is 13.6 Å². The molecule has 0 N–H and O–H groups in total. The number of esters is 1. The summed E-state index contributed by atoms with van der Waals surface area (Å²) in [5.41, 5.74) is 0.389. The summed E-state index contributed by atoms with van der Waals surface area (Å²) < 4.78 is 15.6. The van der Waals surface area contributed by atoms with Crippen LogP contribution < -0.4 is 5.63 Å². The highest BCUT2D eigenvalue weighted by Crippen LogP contribution is 2.18. The molecule has 3 heterocycles. The number of aromatic nitrogens is 1. The second-order valence-corrected chi connectivity index (χ2v) is 6.20. The van der Waals surface area contributed by atoms with Crippen molar-refractivity contribution in [2.24, 2.45) is 13.0 Å². The van der Waals surface area contributed by atoms with Gasteiger partial charge < -0.3 is 18.9 Å². The van der Waals surface area contributed by atoms with Crippen molar-refractivity contribution in [3.63, 3.8) is 0 Å². The van der Waals surface area contributed by atoms with Gasteiger partial charge in [-0.15, -0.1) is 0 Å². The van der Waals surface area contributed by atoms with Crippen LogP contribution in [0.25, 0.3) is 0 Å². The fraction of sp³-hybridized carbons (Fsp3) is 0.722. The summed E-state index contributed by atoms with van der Waals surface area (Å²) >= 11 is 0. The Bertz CT molecular complexity index is 593. The third kappa shape index (κ3) is 8.22. The van der Waals surface area contributed by atoms with E-state index in [0.29, 0.717) is 5.56 Å². The van der Waals surface area contributed by atoms with Crippen LogP contribution in [0.2, 0.25) is 0 Å². The molecule has 0 spiro atoms. The molecule has 2 fully saturated rings. The molecule has 2 aliphatic rings. The van der Waals surface area contributed by atoms with Crippen LogP contribution >= 0.6 is 0 Å². The molecule has 150 valence electrons. The van der Waals surface area contributed by atoms with Crippen molar-refractivity contribution in [2.45, 2.75) is 60.2 Å². The van der Waals surface area contributed by atoms with Gasteiger partial charge in [0, 0.05) is 20.3 Å². The van der Waals surface area contributed by atoms with Gasteiger partial charge >= 0.3 is 17.7 Å². The molecule has 8 heteroatoms. The van der Waals surface area contributed by atoms with Crippen LogP contribution in [-0.2, 0) is 21.3 Å². The van der Waals surface area contributed by atoms with Crippen molar-refractivity contribution in [3.05, 3.63) is 22.2 Å². The molecule has 1 aromatic rings. The molecule has 1 aromatic heterocycles. The van der Waals surface area contributed by atoms with Gasteiger partial charge in [0.15, 0.2) is 0 Å². The van der Waals surface area contributed by atoms with Gasteiger partial charge in [0.05, 0.1) is 24.1 Å². The van der Waals surface area contributed by atoms with Gasteiger partial charge in [-0.2, -0.15) is 0 Å². The second kappa shape index (κ2) is 11.4. The summed E-state index contributed by atoms with van der Waals surface area (Å²) in [6, 6.07) is 0. The zero-order chi connectivity index (χ0) is 20.4. The van der Waals surface area contributed by atoms with E-state index in [4.69, 9.17) is 9.47 Å². The zero-order valence-electron chi connectivity index (χ0n) is 17.1. The van der Waals surface area contributed by atoms with E-state index in [1.165, 1.54) is 4.74 Å². The maximum atomic E-state index is 10.6.